The first-order chi connectivity index (χ1) is 6.83. The lowest BCUT2D eigenvalue weighted by atomic mass is 10.4. The molecule has 1 amide bonds. The number of rotatable bonds is 5. The number of nitrogens with zero attached hydrogens (tertiary/aromatic N) is 1. The molecule has 0 aliphatic heterocycles. The van der Waals surface area contributed by atoms with Crippen molar-refractivity contribution in [2.75, 3.05) is 18.4 Å². The van der Waals surface area contributed by atoms with E-state index in [4.69, 9.17) is 0 Å². The Morgan fingerprint density at radius 3 is 3.07 bits per heavy atom. The number of amides is 1. The molecule has 0 aromatic carbocycles. The molecule has 0 atom stereocenters. The predicted molar refractivity (Wildman–Crippen MR) is 56.0 cm³/mol. The van der Waals surface area contributed by atoms with E-state index in [2.05, 4.69) is 22.5 Å². The third kappa shape index (κ3) is 4.00. The Balaban J connectivity index is 2.27. The van der Waals surface area contributed by atoms with E-state index in [0.717, 1.165) is 18.7 Å². The van der Waals surface area contributed by atoms with Gasteiger partial charge in [-0.05, 0) is 25.1 Å². The van der Waals surface area contributed by atoms with Gasteiger partial charge in [-0.2, -0.15) is 0 Å². The summed E-state index contributed by atoms with van der Waals surface area (Å²) in [5.74, 6) is -0.0357. The third-order valence-electron chi connectivity index (χ3n) is 1.66. The lowest BCUT2D eigenvalue weighted by Crippen LogP contribution is -2.28. The van der Waals surface area contributed by atoms with Gasteiger partial charge in [0, 0.05) is 6.20 Å². The molecule has 4 heteroatoms. The van der Waals surface area contributed by atoms with Crippen LogP contribution in [0.4, 0.5) is 5.69 Å². The molecule has 0 unspecified atom stereocenters. The standard InChI is InChI=1S/C10H15N3O/c1-2-5-11-8-10(14)13-9-4-3-6-12-7-9/h3-4,6-7,11H,2,5,8H2,1H3,(H,13,14). The van der Waals surface area contributed by atoms with Crippen molar-refractivity contribution in [1.29, 1.82) is 0 Å². The first-order valence-corrected chi connectivity index (χ1v) is 4.73. The monoisotopic (exact) mass is 193 g/mol. The molecule has 1 heterocycles. The summed E-state index contributed by atoms with van der Waals surface area (Å²) in [6.07, 6.45) is 4.32. The Morgan fingerprint density at radius 2 is 2.43 bits per heavy atom. The number of carbonyl (C=O) groups excluding carboxylic acids is 1. The maximum atomic E-state index is 11.3. The minimum absolute atomic E-state index is 0.0357. The predicted octanol–water partition coefficient (Wildman–Crippen LogP) is 1.02. The molecule has 76 valence electrons. The van der Waals surface area contributed by atoms with Gasteiger partial charge in [0.1, 0.15) is 0 Å². The molecule has 0 radical (unpaired) electrons. The average molecular weight is 193 g/mol. The molecular weight excluding hydrogens is 178 g/mol. The average Bonchev–Trinajstić information content (AvgIpc) is 2.20. The second-order valence-electron chi connectivity index (χ2n) is 2.97. The van der Waals surface area contributed by atoms with E-state index in [1.54, 1.807) is 18.5 Å². The van der Waals surface area contributed by atoms with Crippen LogP contribution in [-0.2, 0) is 4.79 Å². The van der Waals surface area contributed by atoms with Crippen molar-refractivity contribution in [1.82, 2.24) is 10.3 Å². The van der Waals surface area contributed by atoms with Gasteiger partial charge in [0.2, 0.25) is 5.91 Å². The topological polar surface area (TPSA) is 54.0 Å². The lowest BCUT2D eigenvalue weighted by molar-refractivity contribution is -0.115. The van der Waals surface area contributed by atoms with Crippen LogP contribution >= 0.6 is 0 Å². The first-order valence-electron chi connectivity index (χ1n) is 4.73. The Morgan fingerprint density at radius 1 is 1.57 bits per heavy atom. The van der Waals surface area contributed by atoms with Crippen molar-refractivity contribution in [3.63, 3.8) is 0 Å². The summed E-state index contributed by atoms with van der Waals surface area (Å²) in [6, 6.07) is 3.60. The van der Waals surface area contributed by atoms with Crippen LogP contribution in [0.25, 0.3) is 0 Å². The van der Waals surface area contributed by atoms with Crippen molar-refractivity contribution in [3.8, 4) is 0 Å². The fourth-order valence-corrected chi connectivity index (χ4v) is 1.02. The van der Waals surface area contributed by atoms with Crippen LogP contribution in [0, 0.1) is 0 Å². The van der Waals surface area contributed by atoms with Crippen LogP contribution in [0.1, 0.15) is 13.3 Å². The number of nitrogens with one attached hydrogen (secondary N) is 2. The molecule has 0 saturated heterocycles. The zero-order chi connectivity index (χ0) is 10.2. The summed E-state index contributed by atoms with van der Waals surface area (Å²) in [7, 11) is 0. The van der Waals surface area contributed by atoms with Gasteiger partial charge in [0.05, 0.1) is 18.4 Å². The van der Waals surface area contributed by atoms with Crippen molar-refractivity contribution < 1.29 is 4.79 Å². The number of carbonyl (C=O) groups is 1. The summed E-state index contributed by atoms with van der Waals surface area (Å²) in [4.78, 5) is 15.2. The largest absolute Gasteiger partial charge is 0.324 e. The smallest absolute Gasteiger partial charge is 0.238 e. The van der Waals surface area contributed by atoms with E-state index in [1.165, 1.54) is 0 Å². The van der Waals surface area contributed by atoms with Crippen LogP contribution in [0.5, 0.6) is 0 Å². The van der Waals surface area contributed by atoms with Crippen molar-refractivity contribution in [2.45, 2.75) is 13.3 Å². The lowest BCUT2D eigenvalue weighted by Gasteiger charge is -2.04. The molecule has 4 nitrogen and oxygen atoms in total. The second kappa shape index (κ2) is 6.10. The third-order valence-corrected chi connectivity index (χ3v) is 1.66. The Bertz CT molecular complexity index is 274. The van der Waals surface area contributed by atoms with E-state index in [1.807, 2.05) is 6.07 Å². The summed E-state index contributed by atoms with van der Waals surface area (Å²) in [6.45, 7) is 3.27. The number of hydrogen-bond acceptors (Lipinski definition) is 3. The maximum Gasteiger partial charge on any atom is 0.238 e. The quantitative estimate of drug-likeness (QED) is 0.686. The van der Waals surface area contributed by atoms with Crippen LogP contribution in [-0.4, -0.2) is 24.0 Å². The first kappa shape index (κ1) is 10.7. The van der Waals surface area contributed by atoms with Crippen molar-refractivity contribution >= 4 is 11.6 Å². The number of pyridine rings is 1. The highest BCUT2D eigenvalue weighted by Crippen LogP contribution is 2.01. The van der Waals surface area contributed by atoms with Crippen LogP contribution < -0.4 is 10.6 Å². The zero-order valence-electron chi connectivity index (χ0n) is 8.29. The number of aromatic nitrogens is 1. The molecule has 0 aliphatic carbocycles. The minimum Gasteiger partial charge on any atom is -0.324 e. The van der Waals surface area contributed by atoms with E-state index < -0.39 is 0 Å². The van der Waals surface area contributed by atoms with Gasteiger partial charge in [-0.25, -0.2) is 0 Å². The molecule has 2 N–H and O–H groups in total. The van der Waals surface area contributed by atoms with Crippen LogP contribution in [0.2, 0.25) is 0 Å². The van der Waals surface area contributed by atoms with E-state index in [9.17, 15) is 4.79 Å². The molecule has 1 rings (SSSR count). The Hall–Kier alpha value is -1.42. The van der Waals surface area contributed by atoms with Gasteiger partial charge in [-0.1, -0.05) is 6.92 Å². The summed E-state index contributed by atoms with van der Waals surface area (Å²) < 4.78 is 0. The second-order valence-corrected chi connectivity index (χ2v) is 2.97. The Labute approximate surface area is 83.7 Å². The highest BCUT2D eigenvalue weighted by molar-refractivity contribution is 5.91. The van der Waals surface area contributed by atoms with Gasteiger partial charge in [-0.15, -0.1) is 0 Å². The fraction of sp³-hybridized carbons (Fsp3) is 0.400. The van der Waals surface area contributed by atoms with Gasteiger partial charge >= 0.3 is 0 Å². The van der Waals surface area contributed by atoms with Gasteiger partial charge in [0.15, 0.2) is 0 Å². The molecule has 0 saturated carbocycles. The molecular formula is C10H15N3O. The molecule has 0 spiro atoms. The summed E-state index contributed by atoms with van der Waals surface area (Å²) >= 11 is 0. The Kier molecular flexibility index (Phi) is 4.64. The SMILES string of the molecule is CCCNCC(=O)Nc1cccnc1. The van der Waals surface area contributed by atoms with E-state index in [-0.39, 0.29) is 5.91 Å². The van der Waals surface area contributed by atoms with Gasteiger partial charge in [0.25, 0.3) is 0 Å². The van der Waals surface area contributed by atoms with Gasteiger partial charge in [-0.3, -0.25) is 9.78 Å². The molecule has 1 aromatic heterocycles. The van der Waals surface area contributed by atoms with Gasteiger partial charge < -0.3 is 10.6 Å². The molecule has 0 fully saturated rings. The maximum absolute atomic E-state index is 11.3. The number of anilines is 1. The fourth-order valence-electron chi connectivity index (χ4n) is 1.02. The summed E-state index contributed by atoms with van der Waals surface area (Å²) in [5, 5.41) is 5.76. The normalized spacial score (nSPS) is 9.79. The molecule has 0 bridgehead atoms. The molecule has 14 heavy (non-hydrogen) atoms. The van der Waals surface area contributed by atoms with Crippen molar-refractivity contribution in [3.05, 3.63) is 24.5 Å². The van der Waals surface area contributed by atoms with Crippen molar-refractivity contribution in [2.24, 2.45) is 0 Å². The highest BCUT2D eigenvalue weighted by Gasteiger charge is 1.99. The molecule has 0 aliphatic rings. The number of hydrogen-bond donors (Lipinski definition) is 2. The molecule has 1 aromatic rings. The highest BCUT2D eigenvalue weighted by atomic mass is 16.1. The van der Waals surface area contributed by atoms with Crippen LogP contribution in [0.3, 0.4) is 0 Å². The van der Waals surface area contributed by atoms with Crippen LogP contribution in [0.15, 0.2) is 24.5 Å². The van der Waals surface area contributed by atoms with E-state index >= 15 is 0 Å². The minimum atomic E-state index is -0.0357. The summed E-state index contributed by atoms with van der Waals surface area (Å²) in [5.41, 5.74) is 0.732. The van der Waals surface area contributed by atoms with E-state index in [0.29, 0.717) is 6.54 Å². The zero-order valence-corrected chi connectivity index (χ0v) is 8.29.